The largest absolute Gasteiger partial charge is 0.339 e. The van der Waals surface area contributed by atoms with Crippen LogP contribution in [0.25, 0.3) is 11.4 Å². The fourth-order valence-corrected chi connectivity index (χ4v) is 2.60. The molecular formula is C14H16N4O3. The van der Waals surface area contributed by atoms with Crippen molar-refractivity contribution in [3.63, 3.8) is 0 Å². The smallest absolute Gasteiger partial charge is 0.270 e. The Hall–Kier alpha value is -2.28. The molecule has 0 aliphatic carbocycles. The molecule has 2 atom stereocenters. The van der Waals surface area contributed by atoms with Crippen molar-refractivity contribution in [2.24, 2.45) is 5.92 Å². The second-order valence-corrected chi connectivity index (χ2v) is 5.45. The molecule has 2 heterocycles. The number of benzene rings is 1. The summed E-state index contributed by atoms with van der Waals surface area (Å²) < 4.78 is 5.36. The van der Waals surface area contributed by atoms with E-state index in [0.717, 1.165) is 18.7 Å². The topological polar surface area (TPSA) is 94.1 Å². The third-order valence-electron chi connectivity index (χ3n) is 3.95. The van der Waals surface area contributed by atoms with Gasteiger partial charge in [-0.1, -0.05) is 18.1 Å². The molecule has 0 bridgehead atoms. The van der Waals surface area contributed by atoms with E-state index in [4.69, 9.17) is 4.52 Å². The molecule has 1 N–H and O–H groups in total. The number of non-ortho nitro benzene ring substituents is 1. The van der Waals surface area contributed by atoms with E-state index in [2.05, 4.69) is 22.4 Å². The fourth-order valence-electron chi connectivity index (χ4n) is 2.60. The lowest BCUT2D eigenvalue weighted by atomic mass is 9.98. The highest BCUT2D eigenvalue weighted by atomic mass is 16.6. The Morgan fingerprint density at radius 1 is 1.43 bits per heavy atom. The summed E-state index contributed by atoms with van der Waals surface area (Å²) in [6, 6.07) is 4.66. The third kappa shape index (κ3) is 2.52. The summed E-state index contributed by atoms with van der Waals surface area (Å²) in [6.07, 6.45) is 0. The van der Waals surface area contributed by atoms with E-state index in [0.29, 0.717) is 23.2 Å². The normalized spacial score (nSPS) is 21.6. The molecule has 2 aromatic rings. The van der Waals surface area contributed by atoms with Crippen LogP contribution in [-0.2, 0) is 0 Å². The van der Waals surface area contributed by atoms with Gasteiger partial charge in [0.05, 0.1) is 10.8 Å². The molecule has 1 aliphatic rings. The molecule has 7 heteroatoms. The van der Waals surface area contributed by atoms with Gasteiger partial charge in [0.25, 0.3) is 5.69 Å². The SMILES string of the molecule is Cc1ccc([N+](=O)[O-])cc1-c1noc([C@@H]2CNC[C@H]2C)n1. The zero-order chi connectivity index (χ0) is 15.0. The van der Waals surface area contributed by atoms with Crippen LogP contribution in [0.15, 0.2) is 22.7 Å². The Morgan fingerprint density at radius 2 is 2.24 bits per heavy atom. The van der Waals surface area contributed by atoms with Crippen molar-refractivity contribution in [1.82, 2.24) is 15.5 Å². The minimum absolute atomic E-state index is 0.0258. The molecular weight excluding hydrogens is 272 g/mol. The molecule has 0 unspecified atom stereocenters. The van der Waals surface area contributed by atoms with Gasteiger partial charge in [-0.05, 0) is 24.9 Å². The van der Waals surface area contributed by atoms with Crippen molar-refractivity contribution in [2.75, 3.05) is 13.1 Å². The number of hydrogen-bond acceptors (Lipinski definition) is 6. The van der Waals surface area contributed by atoms with E-state index in [-0.39, 0.29) is 11.6 Å². The monoisotopic (exact) mass is 288 g/mol. The molecule has 3 rings (SSSR count). The number of rotatable bonds is 3. The van der Waals surface area contributed by atoms with Crippen molar-refractivity contribution < 1.29 is 9.45 Å². The summed E-state index contributed by atoms with van der Waals surface area (Å²) in [6.45, 7) is 5.75. The van der Waals surface area contributed by atoms with Crippen LogP contribution in [-0.4, -0.2) is 28.2 Å². The quantitative estimate of drug-likeness (QED) is 0.687. The first-order valence-corrected chi connectivity index (χ1v) is 6.86. The third-order valence-corrected chi connectivity index (χ3v) is 3.95. The second kappa shape index (κ2) is 5.25. The van der Waals surface area contributed by atoms with Gasteiger partial charge in [0.15, 0.2) is 0 Å². The molecule has 0 radical (unpaired) electrons. The van der Waals surface area contributed by atoms with E-state index in [1.807, 2.05) is 6.92 Å². The minimum Gasteiger partial charge on any atom is -0.339 e. The van der Waals surface area contributed by atoms with Crippen LogP contribution < -0.4 is 5.32 Å². The second-order valence-electron chi connectivity index (χ2n) is 5.45. The van der Waals surface area contributed by atoms with Crippen LogP contribution in [0.1, 0.15) is 24.3 Å². The van der Waals surface area contributed by atoms with Gasteiger partial charge in [-0.15, -0.1) is 0 Å². The fraction of sp³-hybridized carbons (Fsp3) is 0.429. The number of nitrogens with zero attached hydrogens (tertiary/aromatic N) is 3. The number of aryl methyl sites for hydroxylation is 1. The molecule has 0 amide bonds. The average Bonchev–Trinajstić information content (AvgIpc) is 3.07. The van der Waals surface area contributed by atoms with Crippen LogP contribution in [0.2, 0.25) is 0 Å². The van der Waals surface area contributed by atoms with Gasteiger partial charge in [0.1, 0.15) is 0 Å². The summed E-state index contributed by atoms with van der Waals surface area (Å²) in [4.78, 5) is 14.9. The molecule has 1 aliphatic heterocycles. The molecule has 1 saturated heterocycles. The van der Waals surface area contributed by atoms with Crippen molar-refractivity contribution in [3.05, 3.63) is 39.8 Å². The van der Waals surface area contributed by atoms with Crippen LogP contribution in [0.5, 0.6) is 0 Å². The lowest BCUT2D eigenvalue weighted by molar-refractivity contribution is -0.384. The van der Waals surface area contributed by atoms with Crippen LogP contribution in [0.3, 0.4) is 0 Å². The van der Waals surface area contributed by atoms with Crippen molar-refractivity contribution >= 4 is 5.69 Å². The van der Waals surface area contributed by atoms with Gasteiger partial charge < -0.3 is 9.84 Å². The molecule has 0 saturated carbocycles. The average molecular weight is 288 g/mol. The Kier molecular flexibility index (Phi) is 3.42. The Morgan fingerprint density at radius 3 is 2.90 bits per heavy atom. The zero-order valence-corrected chi connectivity index (χ0v) is 11.9. The molecule has 110 valence electrons. The lowest BCUT2D eigenvalue weighted by Gasteiger charge is -2.07. The first-order chi connectivity index (χ1) is 10.1. The van der Waals surface area contributed by atoms with Gasteiger partial charge in [-0.3, -0.25) is 10.1 Å². The summed E-state index contributed by atoms with van der Waals surface area (Å²) in [5.74, 6) is 1.63. The molecule has 1 aromatic carbocycles. The number of nitro benzene ring substituents is 1. The predicted octanol–water partition coefficient (Wildman–Crippen LogP) is 2.28. The highest BCUT2D eigenvalue weighted by Crippen LogP contribution is 2.30. The van der Waals surface area contributed by atoms with Crippen LogP contribution >= 0.6 is 0 Å². The molecule has 21 heavy (non-hydrogen) atoms. The van der Waals surface area contributed by atoms with Gasteiger partial charge in [-0.25, -0.2) is 0 Å². The van der Waals surface area contributed by atoms with Gasteiger partial charge in [-0.2, -0.15) is 4.98 Å². The number of nitrogens with one attached hydrogen (secondary N) is 1. The van der Waals surface area contributed by atoms with E-state index in [1.54, 1.807) is 6.07 Å². The molecule has 1 aromatic heterocycles. The number of nitro groups is 1. The lowest BCUT2D eigenvalue weighted by Crippen LogP contribution is -2.08. The zero-order valence-electron chi connectivity index (χ0n) is 11.9. The standard InChI is InChI=1S/C14H16N4O3/c1-8-3-4-10(18(19)20)5-11(8)13-16-14(21-17-13)12-7-15-6-9(12)2/h3-5,9,12,15H,6-7H2,1-2H3/t9-,12-/m1/s1. The molecule has 1 fully saturated rings. The first kappa shape index (κ1) is 13.7. The summed E-state index contributed by atoms with van der Waals surface area (Å²) in [5.41, 5.74) is 1.54. The van der Waals surface area contributed by atoms with E-state index >= 15 is 0 Å². The number of aromatic nitrogens is 2. The van der Waals surface area contributed by atoms with Gasteiger partial charge in [0, 0.05) is 24.2 Å². The highest BCUT2D eigenvalue weighted by molar-refractivity contribution is 5.63. The Bertz CT molecular complexity index is 683. The summed E-state index contributed by atoms with van der Waals surface area (Å²) in [7, 11) is 0. The highest BCUT2D eigenvalue weighted by Gasteiger charge is 2.30. The maximum absolute atomic E-state index is 10.9. The van der Waals surface area contributed by atoms with Crippen molar-refractivity contribution in [3.8, 4) is 11.4 Å². The maximum atomic E-state index is 10.9. The van der Waals surface area contributed by atoms with Gasteiger partial charge >= 0.3 is 0 Å². The summed E-state index contributed by atoms with van der Waals surface area (Å²) in [5, 5.41) is 18.2. The molecule has 0 spiro atoms. The first-order valence-electron chi connectivity index (χ1n) is 6.86. The van der Waals surface area contributed by atoms with Crippen LogP contribution in [0, 0.1) is 23.0 Å². The maximum Gasteiger partial charge on any atom is 0.270 e. The Labute approximate surface area is 121 Å². The molecule has 7 nitrogen and oxygen atoms in total. The van der Waals surface area contributed by atoms with E-state index in [9.17, 15) is 10.1 Å². The van der Waals surface area contributed by atoms with E-state index < -0.39 is 4.92 Å². The summed E-state index contributed by atoms with van der Waals surface area (Å²) >= 11 is 0. The predicted molar refractivity (Wildman–Crippen MR) is 75.9 cm³/mol. The van der Waals surface area contributed by atoms with E-state index in [1.165, 1.54) is 12.1 Å². The Balaban J connectivity index is 1.96. The number of hydrogen-bond donors (Lipinski definition) is 1. The van der Waals surface area contributed by atoms with Crippen LogP contribution in [0.4, 0.5) is 5.69 Å². The van der Waals surface area contributed by atoms with Crippen molar-refractivity contribution in [1.29, 1.82) is 0 Å². The van der Waals surface area contributed by atoms with Crippen molar-refractivity contribution in [2.45, 2.75) is 19.8 Å². The minimum atomic E-state index is -0.424. The van der Waals surface area contributed by atoms with Gasteiger partial charge in [0.2, 0.25) is 11.7 Å².